The largest absolute Gasteiger partial charge is 0.352 e. The minimum absolute atomic E-state index is 0.0488. The Hall–Kier alpha value is -1.13. The average molecular weight is 240 g/mol. The molecule has 0 saturated heterocycles. The van der Waals surface area contributed by atoms with Gasteiger partial charge in [-0.25, -0.2) is 0 Å². The summed E-state index contributed by atoms with van der Waals surface area (Å²) in [6.45, 7) is 0.911. The summed E-state index contributed by atoms with van der Waals surface area (Å²) >= 11 is 5.93. The van der Waals surface area contributed by atoms with Crippen LogP contribution in [0.5, 0.6) is 0 Å². The minimum Gasteiger partial charge on any atom is -0.352 e. The van der Waals surface area contributed by atoms with Crippen LogP contribution in [0.2, 0.25) is 5.02 Å². The third-order valence-corrected chi connectivity index (χ3v) is 2.74. The van der Waals surface area contributed by atoms with Crippen molar-refractivity contribution in [2.75, 3.05) is 6.54 Å². The molecule has 1 aromatic heterocycles. The maximum Gasteiger partial charge on any atom is 0.234 e. The molecule has 0 atom stereocenters. The summed E-state index contributed by atoms with van der Waals surface area (Å²) in [5.41, 5.74) is 0.955. The second kappa shape index (κ2) is 5.27. The molecule has 4 nitrogen and oxygen atoms in total. The second-order valence-electron chi connectivity index (χ2n) is 3.91. The van der Waals surface area contributed by atoms with Crippen LogP contribution in [0.3, 0.4) is 0 Å². The number of hydrogen-bond donors (Lipinski definition) is 2. The first-order valence-electron chi connectivity index (χ1n) is 5.34. The molecule has 1 aromatic rings. The van der Waals surface area contributed by atoms with E-state index in [0.29, 0.717) is 24.2 Å². The number of hydrogen-bond acceptors (Lipinski definition) is 3. The molecule has 1 saturated carbocycles. The van der Waals surface area contributed by atoms with Crippen LogP contribution in [0.25, 0.3) is 0 Å². The lowest BCUT2D eigenvalue weighted by Gasteiger charge is -2.06. The van der Waals surface area contributed by atoms with Crippen molar-refractivity contribution in [2.24, 2.45) is 0 Å². The Bertz CT molecular complexity index is 379. The first-order chi connectivity index (χ1) is 7.75. The Morgan fingerprint density at radius 2 is 2.38 bits per heavy atom. The summed E-state index contributed by atoms with van der Waals surface area (Å²) < 4.78 is 0. The summed E-state index contributed by atoms with van der Waals surface area (Å²) in [6, 6.07) is 2.26. The van der Waals surface area contributed by atoms with Gasteiger partial charge in [-0.3, -0.25) is 9.78 Å². The van der Waals surface area contributed by atoms with Crippen molar-refractivity contribution in [3.05, 3.63) is 29.0 Å². The van der Waals surface area contributed by atoms with Crippen molar-refractivity contribution in [3.8, 4) is 0 Å². The summed E-state index contributed by atoms with van der Waals surface area (Å²) in [7, 11) is 0. The molecular formula is C11H14ClN3O. The van der Waals surface area contributed by atoms with Crippen molar-refractivity contribution in [2.45, 2.75) is 25.4 Å². The van der Waals surface area contributed by atoms with Gasteiger partial charge in [0.25, 0.3) is 0 Å². The van der Waals surface area contributed by atoms with Gasteiger partial charge in [-0.05, 0) is 24.5 Å². The van der Waals surface area contributed by atoms with Gasteiger partial charge in [-0.2, -0.15) is 0 Å². The fraction of sp³-hybridized carbons (Fsp3) is 0.455. The molecular weight excluding hydrogens is 226 g/mol. The van der Waals surface area contributed by atoms with E-state index in [-0.39, 0.29) is 5.91 Å². The topological polar surface area (TPSA) is 54.0 Å². The number of pyridine rings is 1. The number of amides is 1. The number of halogens is 1. The van der Waals surface area contributed by atoms with Crippen LogP contribution in [0.4, 0.5) is 0 Å². The molecule has 1 fully saturated rings. The Morgan fingerprint density at radius 3 is 3.06 bits per heavy atom. The predicted molar refractivity (Wildman–Crippen MR) is 62.1 cm³/mol. The van der Waals surface area contributed by atoms with E-state index in [1.54, 1.807) is 12.4 Å². The fourth-order valence-electron chi connectivity index (χ4n) is 1.36. The molecule has 0 unspecified atom stereocenters. The van der Waals surface area contributed by atoms with Gasteiger partial charge in [0.2, 0.25) is 5.91 Å². The molecule has 2 rings (SSSR count). The smallest absolute Gasteiger partial charge is 0.234 e. The zero-order valence-corrected chi connectivity index (χ0v) is 9.63. The van der Waals surface area contributed by atoms with Crippen LogP contribution in [-0.4, -0.2) is 23.5 Å². The van der Waals surface area contributed by atoms with E-state index < -0.39 is 0 Å². The summed E-state index contributed by atoms with van der Waals surface area (Å²) in [6.07, 6.45) is 5.51. The van der Waals surface area contributed by atoms with Gasteiger partial charge in [0, 0.05) is 25.0 Å². The van der Waals surface area contributed by atoms with E-state index in [4.69, 9.17) is 11.6 Å². The van der Waals surface area contributed by atoms with Crippen LogP contribution < -0.4 is 10.6 Å². The van der Waals surface area contributed by atoms with Gasteiger partial charge in [0.05, 0.1) is 11.6 Å². The molecule has 16 heavy (non-hydrogen) atoms. The van der Waals surface area contributed by atoms with Gasteiger partial charge in [-0.1, -0.05) is 11.6 Å². The zero-order chi connectivity index (χ0) is 11.4. The lowest BCUT2D eigenvalue weighted by Crippen LogP contribution is -2.34. The maximum atomic E-state index is 11.3. The van der Waals surface area contributed by atoms with Crippen molar-refractivity contribution < 1.29 is 4.79 Å². The number of nitrogens with zero attached hydrogens (tertiary/aromatic N) is 1. The monoisotopic (exact) mass is 239 g/mol. The molecule has 86 valence electrons. The molecule has 0 aromatic carbocycles. The third-order valence-electron chi connectivity index (χ3n) is 2.40. The Kier molecular flexibility index (Phi) is 3.74. The Labute approximate surface area is 99.4 Å². The molecule has 0 aliphatic heterocycles. The highest BCUT2D eigenvalue weighted by atomic mass is 35.5. The highest BCUT2D eigenvalue weighted by molar-refractivity contribution is 6.31. The van der Waals surface area contributed by atoms with Crippen LogP contribution in [-0.2, 0) is 11.3 Å². The first-order valence-corrected chi connectivity index (χ1v) is 5.72. The quantitative estimate of drug-likeness (QED) is 0.809. The lowest BCUT2D eigenvalue weighted by atomic mass is 10.2. The number of aromatic nitrogens is 1. The molecule has 5 heteroatoms. The number of carbonyl (C=O) groups is 1. The lowest BCUT2D eigenvalue weighted by molar-refractivity contribution is -0.120. The Balaban J connectivity index is 1.70. The van der Waals surface area contributed by atoms with Gasteiger partial charge < -0.3 is 10.6 Å². The normalized spacial score (nSPS) is 14.8. The molecule has 0 radical (unpaired) electrons. The van der Waals surface area contributed by atoms with E-state index in [1.165, 1.54) is 0 Å². The van der Waals surface area contributed by atoms with Gasteiger partial charge >= 0.3 is 0 Å². The summed E-state index contributed by atoms with van der Waals surface area (Å²) in [5, 5.41) is 6.58. The van der Waals surface area contributed by atoms with Crippen LogP contribution in [0.15, 0.2) is 18.5 Å². The number of carbonyl (C=O) groups excluding carboxylic acids is 1. The SMILES string of the molecule is O=C(CNCc1ccncc1Cl)NC1CC1. The third kappa shape index (κ3) is 3.47. The minimum atomic E-state index is 0.0488. The van der Waals surface area contributed by atoms with Crippen molar-refractivity contribution in [1.82, 2.24) is 15.6 Å². The Morgan fingerprint density at radius 1 is 1.56 bits per heavy atom. The second-order valence-corrected chi connectivity index (χ2v) is 4.32. The van der Waals surface area contributed by atoms with E-state index in [9.17, 15) is 4.79 Å². The van der Waals surface area contributed by atoms with Gasteiger partial charge in [-0.15, -0.1) is 0 Å². The molecule has 0 bridgehead atoms. The van der Waals surface area contributed by atoms with E-state index in [0.717, 1.165) is 18.4 Å². The van der Waals surface area contributed by atoms with Crippen LogP contribution in [0, 0.1) is 0 Å². The van der Waals surface area contributed by atoms with E-state index >= 15 is 0 Å². The van der Waals surface area contributed by atoms with Crippen LogP contribution in [0.1, 0.15) is 18.4 Å². The molecule has 1 aliphatic rings. The zero-order valence-electron chi connectivity index (χ0n) is 8.87. The van der Waals surface area contributed by atoms with E-state index in [2.05, 4.69) is 15.6 Å². The van der Waals surface area contributed by atoms with Crippen LogP contribution >= 0.6 is 11.6 Å². The van der Waals surface area contributed by atoms with Crippen molar-refractivity contribution >= 4 is 17.5 Å². The number of nitrogens with one attached hydrogen (secondary N) is 2. The summed E-state index contributed by atoms with van der Waals surface area (Å²) in [4.78, 5) is 15.2. The predicted octanol–water partition coefficient (Wildman–Crippen LogP) is 1.10. The van der Waals surface area contributed by atoms with Crippen molar-refractivity contribution in [3.63, 3.8) is 0 Å². The fourth-order valence-corrected chi connectivity index (χ4v) is 1.55. The van der Waals surface area contributed by atoms with Gasteiger partial charge in [0.1, 0.15) is 0 Å². The molecule has 1 aliphatic carbocycles. The molecule has 1 heterocycles. The molecule has 0 spiro atoms. The highest BCUT2D eigenvalue weighted by Crippen LogP contribution is 2.18. The highest BCUT2D eigenvalue weighted by Gasteiger charge is 2.22. The number of rotatable bonds is 5. The summed E-state index contributed by atoms with van der Waals surface area (Å²) in [5.74, 6) is 0.0488. The standard InChI is InChI=1S/C11H14ClN3O/c12-10-6-13-4-3-8(10)5-14-7-11(16)15-9-1-2-9/h3-4,6,9,14H,1-2,5,7H2,(H,15,16). The average Bonchev–Trinajstić information content (AvgIpc) is 3.05. The maximum absolute atomic E-state index is 11.3. The van der Waals surface area contributed by atoms with Gasteiger partial charge in [0.15, 0.2) is 0 Å². The molecule has 2 N–H and O–H groups in total. The molecule has 1 amide bonds. The van der Waals surface area contributed by atoms with Crippen molar-refractivity contribution in [1.29, 1.82) is 0 Å². The van der Waals surface area contributed by atoms with E-state index in [1.807, 2.05) is 6.07 Å². The first kappa shape index (κ1) is 11.4.